The maximum Gasteiger partial charge on any atom is 0.410 e. The topological polar surface area (TPSA) is 93.2 Å². The van der Waals surface area contributed by atoms with Gasteiger partial charge < -0.3 is 9.64 Å². The van der Waals surface area contributed by atoms with Crippen LogP contribution in [0.2, 0.25) is 0 Å². The molecule has 2 rings (SSSR count). The molecule has 0 saturated carbocycles. The highest BCUT2D eigenvalue weighted by molar-refractivity contribution is 7.86. The summed E-state index contributed by atoms with van der Waals surface area (Å²) >= 11 is 0. The van der Waals surface area contributed by atoms with E-state index in [1.165, 1.54) is 0 Å². The lowest BCUT2D eigenvalue weighted by atomic mass is 9.92. The summed E-state index contributed by atoms with van der Waals surface area (Å²) in [5.74, 6) is 0.162. The van der Waals surface area contributed by atoms with E-state index in [2.05, 4.69) is 4.90 Å². The van der Waals surface area contributed by atoms with Crippen molar-refractivity contribution in [3.05, 3.63) is 0 Å². The second kappa shape index (κ2) is 8.87. The minimum Gasteiger partial charge on any atom is -0.444 e. The van der Waals surface area contributed by atoms with Crippen LogP contribution >= 0.6 is 0 Å². The van der Waals surface area contributed by atoms with E-state index in [1.54, 1.807) is 4.90 Å². The van der Waals surface area contributed by atoms with Crippen LogP contribution in [0.1, 0.15) is 46.5 Å². The molecule has 0 unspecified atom stereocenters. The van der Waals surface area contributed by atoms with Crippen LogP contribution in [-0.2, 0) is 23.8 Å². The van der Waals surface area contributed by atoms with E-state index < -0.39 is 15.7 Å². The fourth-order valence-corrected chi connectivity index (χ4v) is 4.16. The largest absolute Gasteiger partial charge is 0.444 e. The van der Waals surface area contributed by atoms with Crippen LogP contribution in [0.4, 0.5) is 4.79 Å². The van der Waals surface area contributed by atoms with Crippen LogP contribution in [-0.4, -0.2) is 80.8 Å². The van der Waals surface area contributed by atoms with E-state index in [4.69, 9.17) is 8.92 Å². The van der Waals surface area contributed by atoms with Gasteiger partial charge in [-0.05, 0) is 46.5 Å². The molecular weight excluding hydrogens is 372 g/mol. The van der Waals surface area contributed by atoms with Crippen molar-refractivity contribution in [3.63, 3.8) is 0 Å². The van der Waals surface area contributed by atoms with Crippen LogP contribution in [0.5, 0.6) is 0 Å². The summed E-state index contributed by atoms with van der Waals surface area (Å²) in [7, 11) is -3.43. The zero-order chi connectivity index (χ0) is 20.2. The highest BCUT2D eigenvalue weighted by atomic mass is 32.2. The van der Waals surface area contributed by atoms with Crippen LogP contribution in [0, 0.1) is 5.92 Å². The fourth-order valence-electron chi connectivity index (χ4n) is 3.47. The molecule has 1 amide bonds. The van der Waals surface area contributed by atoms with Gasteiger partial charge in [0.2, 0.25) is 0 Å². The second-order valence-electron chi connectivity index (χ2n) is 8.48. The molecule has 0 bridgehead atoms. The first kappa shape index (κ1) is 22.1. The third-order valence-corrected chi connectivity index (χ3v) is 5.45. The number of carbonyl (C=O) groups is 2. The van der Waals surface area contributed by atoms with E-state index >= 15 is 0 Å². The standard InChI is InChI=1S/C18H32N2O6S/c1-18(2,3)25-17(22)20-11-5-14(6-12-20)16(21)13-19-9-7-15(8-10-19)26-27(4,23)24/h14-15H,5-13H2,1-4H3. The first-order valence-corrected chi connectivity index (χ1v) is 11.4. The molecule has 8 nitrogen and oxygen atoms in total. The number of Topliss-reactive ketones (excluding diaryl/α,β-unsaturated/α-hetero) is 1. The monoisotopic (exact) mass is 404 g/mol. The van der Waals surface area contributed by atoms with E-state index in [-0.39, 0.29) is 23.9 Å². The van der Waals surface area contributed by atoms with Gasteiger partial charge in [0, 0.05) is 32.1 Å². The molecule has 0 aromatic carbocycles. The molecule has 0 radical (unpaired) electrons. The highest BCUT2D eigenvalue weighted by Gasteiger charge is 2.31. The summed E-state index contributed by atoms with van der Waals surface area (Å²) in [6, 6.07) is 0. The van der Waals surface area contributed by atoms with Crippen LogP contribution in [0.15, 0.2) is 0 Å². The minimum atomic E-state index is -3.43. The first-order valence-electron chi connectivity index (χ1n) is 9.54. The zero-order valence-electron chi connectivity index (χ0n) is 16.8. The Morgan fingerprint density at radius 2 is 1.56 bits per heavy atom. The number of nitrogens with zero attached hydrogens (tertiary/aromatic N) is 2. The molecule has 2 saturated heterocycles. The molecule has 0 spiro atoms. The normalized spacial score (nSPS) is 21.3. The highest BCUT2D eigenvalue weighted by Crippen LogP contribution is 2.22. The Morgan fingerprint density at radius 1 is 1.00 bits per heavy atom. The van der Waals surface area contributed by atoms with Crippen LogP contribution < -0.4 is 0 Å². The zero-order valence-corrected chi connectivity index (χ0v) is 17.6. The first-order chi connectivity index (χ1) is 12.4. The number of hydrogen-bond donors (Lipinski definition) is 0. The molecule has 9 heteroatoms. The third kappa shape index (κ3) is 7.75. The maximum absolute atomic E-state index is 12.6. The van der Waals surface area contributed by atoms with E-state index in [0.717, 1.165) is 6.26 Å². The Morgan fingerprint density at radius 3 is 2.04 bits per heavy atom. The summed E-state index contributed by atoms with van der Waals surface area (Å²) < 4.78 is 32.8. The summed E-state index contributed by atoms with van der Waals surface area (Å²) in [4.78, 5) is 28.4. The number of hydrogen-bond acceptors (Lipinski definition) is 7. The molecule has 0 atom stereocenters. The van der Waals surface area contributed by atoms with Crippen molar-refractivity contribution >= 4 is 22.0 Å². The van der Waals surface area contributed by atoms with Gasteiger partial charge in [0.1, 0.15) is 11.4 Å². The summed E-state index contributed by atoms with van der Waals surface area (Å²) in [6.07, 6.45) is 2.99. The number of rotatable bonds is 5. The molecule has 2 heterocycles. The number of ketones is 1. The molecule has 0 N–H and O–H groups in total. The Balaban J connectivity index is 1.72. The van der Waals surface area contributed by atoms with Gasteiger partial charge in [0.15, 0.2) is 0 Å². The molecule has 2 fully saturated rings. The quantitative estimate of drug-likeness (QED) is 0.643. The molecule has 0 aromatic rings. The predicted molar refractivity (Wildman–Crippen MR) is 101 cm³/mol. The van der Waals surface area contributed by atoms with Crippen LogP contribution in [0.25, 0.3) is 0 Å². The van der Waals surface area contributed by atoms with Gasteiger partial charge in [-0.2, -0.15) is 8.42 Å². The van der Waals surface area contributed by atoms with Crippen molar-refractivity contribution in [2.24, 2.45) is 5.92 Å². The SMILES string of the molecule is CC(C)(C)OC(=O)N1CCC(C(=O)CN2CCC(OS(C)(=O)=O)CC2)CC1. The maximum atomic E-state index is 12.6. The number of piperidine rings is 2. The summed E-state index contributed by atoms with van der Waals surface area (Å²) in [5, 5.41) is 0. The number of ether oxygens (including phenoxy) is 1. The number of amides is 1. The van der Waals surface area contributed by atoms with Crippen molar-refractivity contribution in [1.29, 1.82) is 0 Å². The molecule has 0 aromatic heterocycles. The van der Waals surface area contributed by atoms with Crippen molar-refractivity contribution in [3.8, 4) is 0 Å². The summed E-state index contributed by atoms with van der Waals surface area (Å²) in [6.45, 7) is 8.28. The number of likely N-dealkylation sites (tertiary alicyclic amines) is 2. The predicted octanol–water partition coefficient (Wildman–Crippen LogP) is 1.64. The average molecular weight is 405 g/mol. The Hall–Kier alpha value is -1.19. The van der Waals surface area contributed by atoms with E-state index in [0.29, 0.717) is 58.4 Å². The van der Waals surface area contributed by atoms with Gasteiger partial charge in [-0.15, -0.1) is 0 Å². The average Bonchev–Trinajstić information content (AvgIpc) is 2.54. The van der Waals surface area contributed by atoms with Gasteiger partial charge in [0.25, 0.3) is 10.1 Å². The fraction of sp³-hybridized carbons (Fsp3) is 0.889. The van der Waals surface area contributed by atoms with Crippen LogP contribution in [0.3, 0.4) is 0 Å². The smallest absolute Gasteiger partial charge is 0.410 e. The lowest BCUT2D eigenvalue weighted by molar-refractivity contribution is -0.126. The number of carbonyl (C=O) groups excluding carboxylic acids is 2. The van der Waals surface area contributed by atoms with Gasteiger partial charge in [-0.1, -0.05) is 0 Å². The molecule has 27 heavy (non-hydrogen) atoms. The third-order valence-electron chi connectivity index (χ3n) is 4.83. The Kier molecular flexibility index (Phi) is 7.27. The van der Waals surface area contributed by atoms with Crippen molar-refractivity contribution < 1.29 is 26.9 Å². The van der Waals surface area contributed by atoms with Gasteiger partial charge >= 0.3 is 6.09 Å². The lowest BCUT2D eigenvalue weighted by Crippen LogP contribution is -2.45. The Labute approximate surface area is 162 Å². The van der Waals surface area contributed by atoms with Gasteiger partial charge in [0.05, 0.1) is 18.9 Å². The molecular formula is C18H32N2O6S. The summed E-state index contributed by atoms with van der Waals surface area (Å²) in [5.41, 5.74) is -0.517. The minimum absolute atomic E-state index is 0.0336. The van der Waals surface area contributed by atoms with Gasteiger partial charge in [-0.25, -0.2) is 4.79 Å². The van der Waals surface area contributed by atoms with E-state index in [9.17, 15) is 18.0 Å². The van der Waals surface area contributed by atoms with Crippen molar-refractivity contribution in [2.45, 2.75) is 58.2 Å². The molecule has 2 aliphatic heterocycles. The second-order valence-corrected chi connectivity index (χ2v) is 10.1. The lowest BCUT2D eigenvalue weighted by Gasteiger charge is -2.35. The van der Waals surface area contributed by atoms with Crippen molar-refractivity contribution in [2.75, 3.05) is 39.0 Å². The molecule has 0 aliphatic carbocycles. The molecule has 156 valence electrons. The molecule has 2 aliphatic rings. The van der Waals surface area contributed by atoms with E-state index in [1.807, 2.05) is 20.8 Å². The Bertz CT molecular complexity index is 627. The van der Waals surface area contributed by atoms with Crippen molar-refractivity contribution in [1.82, 2.24) is 9.80 Å². The van der Waals surface area contributed by atoms with Gasteiger partial charge in [-0.3, -0.25) is 13.9 Å².